The van der Waals surface area contributed by atoms with E-state index >= 15 is 0 Å². The molecular weight excluding hydrogens is 397 g/mol. The fourth-order valence-corrected chi connectivity index (χ4v) is 3.23. The van der Waals surface area contributed by atoms with Gasteiger partial charge in [0.05, 0.1) is 6.21 Å². The summed E-state index contributed by atoms with van der Waals surface area (Å²) in [5.74, 6) is 1.43. The van der Waals surface area contributed by atoms with Crippen molar-refractivity contribution in [1.29, 1.82) is 0 Å². The van der Waals surface area contributed by atoms with E-state index in [9.17, 15) is 4.79 Å². The highest BCUT2D eigenvalue weighted by Crippen LogP contribution is 2.15. The minimum Gasteiger partial charge on any atom is -0.369 e. The second kappa shape index (κ2) is 11.7. The number of halogens is 2. The predicted octanol–water partition coefficient (Wildman–Crippen LogP) is 4.15. The summed E-state index contributed by atoms with van der Waals surface area (Å²) in [7, 11) is 0. The number of rotatable bonds is 11. The van der Waals surface area contributed by atoms with Crippen molar-refractivity contribution in [1.82, 2.24) is 9.97 Å². The van der Waals surface area contributed by atoms with Gasteiger partial charge in [-0.15, -0.1) is 23.2 Å². The SMILES string of the molecule is CCCCc1c(C)nc(NN=Cc2ccc(N(CCCl)CCCl)cc2)[nH]c1=O. The fourth-order valence-electron chi connectivity index (χ4n) is 2.82. The van der Waals surface area contributed by atoms with Gasteiger partial charge in [-0.1, -0.05) is 25.5 Å². The van der Waals surface area contributed by atoms with Crippen molar-refractivity contribution in [2.75, 3.05) is 35.2 Å². The largest absolute Gasteiger partial charge is 0.369 e. The molecule has 0 saturated heterocycles. The van der Waals surface area contributed by atoms with Crippen molar-refractivity contribution < 1.29 is 0 Å². The summed E-state index contributed by atoms with van der Waals surface area (Å²) in [5, 5.41) is 4.17. The molecule has 0 aliphatic rings. The summed E-state index contributed by atoms with van der Waals surface area (Å²) in [6.45, 7) is 5.44. The number of hydrazone groups is 1. The van der Waals surface area contributed by atoms with Crippen LogP contribution >= 0.6 is 23.2 Å². The summed E-state index contributed by atoms with van der Waals surface area (Å²) in [6, 6.07) is 7.94. The van der Waals surface area contributed by atoms with Crippen LogP contribution in [-0.2, 0) is 6.42 Å². The van der Waals surface area contributed by atoms with Gasteiger partial charge in [-0.3, -0.25) is 9.78 Å². The summed E-state index contributed by atoms with van der Waals surface area (Å²) in [5.41, 5.74) is 6.15. The maximum Gasteiger partial charge on any atom is 0.255 e. The molecule has 0 unspecified atom stereocenters. The van der Waals surface area contributed by atoms with E-state index in [1.807, 2.05) is 31.2 Å². The average Bonchev–Trinajstić information content (AvgIpc) is 2.68. The number of aryl methyl sites for hydroxylation is 1. The standard InChI is InChI=1S/C20H27Cl2N5O/c1-3-4-5-18-15(2)24-20(25-19(18)28)26-23-14-16-6-8-17(9-7-16)27(12-10-21)13-11-22/h6-9,14H,3-5,10-13H2,1-2H3,(H2,24,25,26,28). The van der Waals surface area contributed by atoms with Gasteiger partial charge in [-0.05, 0) is 37.5 Å². The van der Waals surface area contributed by atoms with Gasteiger partial charge >= 0.3 is 0 Å². The van der Waals surface area contributed by atoms with Gasteiger partial charge < -0.3 is 4.90 Å². The molecule has 0 aliphatic carbocycles. The third-order valence-electron chi connectivity index (χ3n) is 4.35. The Morgan fingerprint density at radius 1 is 1.21 bits per heavy atom. The summed E-state index contributed by atoms with van der Waals surface area (Å²) in [4.78, 5) is 21.5. The van der Waals surface area contributed by atoms with Crippen molar-refractivity contribution in [3.8, 4) is 0 Å². The van der Waals surface area contributed by atoms with Crippen LogP contribution in [-0.4, -0.2) is 41.0 Å². The van der Waals surface area contributed by atoms with Gasteiger partial charge in [-0.25, -0.2) is 10.4 Å². The van der Waals surface area contributed by atoms with Crippen molar-refractivity contribution in [2.45, 2.75) is 33.1 Å². The van der Waals surface area contributed by atoms with Gasteiger partial charge in [0, 0.05) is 41.8 Å². The summed E-state index contributed by atoms with van der Waals surface area (Å²) >= 11 is 11.7. The Hall–Kier alpha value is -2.05. The normalized spacial score (nSPS) is 11.1. The lowest BCUT2D eigenvalue weighted by atomic mass is 10.1. The smallest absolute Gasteiger partial charge is 0.255 e. The lowest BCUT2D eigenvalue weighted by molar-refractivity contribution is 0.774. The van der Waals surface area contributed by atoms with Gasteiger partial charge in [0.1, 0.15) is 0 Å². The van der Waals surface area contributed by atoms with Crippen LogP contribution in [0.1, 0.15) is 36.6 Å². The minimum atomic E-state index is -0.110. The third-order valence-corrected chi connectivity index (χ3v) is 4.69. The first kappa shape index (κ1) is 22.2. The zero-order valence-corrected chi connectivity index (χ0v) is 17.9. The molecule has 0 spiro atoms. The molecule has 0 aliphatic heterocycles. The molecule has 0 saturated carbocycles. The Labute approximate surface area is 176 Å². The Morgan fingerprint density at radius 3 is 2.46 bits per heavy atom. The van der Waals surface area contributed by atoms with Gasteiger partial charge in [0.2, 0.25) is 5.95 Å². The first-order chi connectivity index (χ1) is 13.6. The number of aromatic nitrogens is 2. The molecule has 0 bridgehead atoms. The molecule has 2 aromatic rings. The van der Waals surface area contributed by atoms with Crippen LogP contribution in [0, 0.1) is 6.92 Å². The minimum absolute atomic E-state index is 0.110. The third kappa shape index (κ3) is 6.53. The van der Waals surface area contributed by atoms with Gasteiger partial charge in [0.15, 0.2) is 0 Å². The van der Waals surface area contributed by atoms with Crippen LogP contribution in [0.2, 0.25) is 0 Å². The van der Waals surface area contributed by atoms with Crippen LogP contribution in [0.4, 0.5) is 11.6 Å². The number of aromatic amines is 1. The second-order valence-corrected chi connectivity index (χ2v) is 7.16. The van der Waals surface area contributed by atoms with Crippen LogP contribution in [0.3, 0.4) is 0 Å². The molecule has 0 atom stereocenters. The van der Waals surface area contributed by atoms with E-state index < -0.39 is 0 Å². The Bertz CT molecular complexity index is 814. The highest BCUT2D eigenvalue weighted by Gasteiger charge is 2.07. The zero-order chi connectivity index (χ0) is 20.4. The molecule has 1 aromatic heterocycles. The van der Waals surface area contributed by atoms with Crippen molar-refractivity contribution in [3.05, 3.63) is 51.4 Å². The van der Waals surface area contributed by atoms with E-state index in [0.29, 0.717) is 17.7 Å². The molecule has 1 aromatic carbocycles. The van der Waals surface area contributed by atoms with Crippen LogP contribution in [0.5, 0.6) is 0 Å². The van der Waals surface area contributed by atoms with Crippen molar-refractivity contribution in [3.63, 3.8) is 0 Å². The first-order valence-corrected chi connectivity index (χ1v) is 10.5. The number of nitrogens with one attached hydrogen (secondary N) is 2. The monoisotopic (exact) mass is 423 g/mol. The van der Waals surface area contributed by atoms with Crippen LogP contribution in [0.25, 0.3) is 0 Å². The molecule has 28 heavy (non-hydrogen) atoms. The number of H-pyrrole nitrogens is 1. The van der Waals surface area contributed by atoms with E-state index in [1.165, 1.54) is 0 Å². The maximum absolute atomic E-state index is 12.2. The van der Waals surface area contributed by atoms with E-state index in [4.69, 9.17) is 23.2 Å². The number of hydrogen-bond acceptors (Lipinski definition) is 5. The molecule has 2 rings (SSSR count). The number of alkyl halides is 2. The molecule has 2 N–H and O–H groups in total. The summed E-state index contributed by atoms with van der Waals surface area (Å²) < 4.78 is 0. The Balaban J connectivity index is 2.01. The highest BCUT2D eigenvalue weighted by atomic mass is 35.5. The molecule has 6 nitrogen and oxygen atoms in total. The van der Waals surface area contributed by atoms with E-state index in [-0.39, 0.29) is 5.56 Å². The van der Waals surface area contributed by atoms with Gasteiger partial charge in [0.25, 0.3) is 5.56 Å². The molecular formula is C20H27Cl2N5O. The quantitative estimate of drug-likeness (QED) is 0.323. The highest BCUT2D eigenvalue weighted by molar-refractivity contribution is 6.18. The number of anilines is 2. The van der Waals surface area contributed by atoms with E-state index in [1.54, 1.807) is 6.21 Å². The first-order valence-electron chi connectivity index (χ1n) is 9.44. The topological polar surface area (TPSA) is 73.4 Å². The zero-order valence-electron chi connectivity index (χ0n) is 16.3. The van der Waals surface area contributed by atoms with Crippen LogP contribution in [0.15, 0.2) is 34.2 Å². The molecule has 152 valence electrons. The number of unbranched alkanes of at least 4 members (excludes halogenated alkanes) is 1. The predicted molar refractivity (Wildman–Crippen MR) is 120 cm³/mol. The van der Waals surface area contributed by atoms with Crippen LogP contribution < -0.4 is 15.9 Å². The number of benzene rings is 1. The molecule has 8 heteroatoms. The maximum atomic E-state index is 12.2. The lowest BCUT2D eigenvalue weighted by Crippen LogP contribution is -2.27. The molecule has 1 heterocycles. The molecule has 0 amide bonds. The summed E-state index contributed by atoms with van der Waals surface area (Å²) in [6.07, 6.45) is 4.43. The number of hydrogen-bond donors (Lipinski definition) is 2. The van der Waals surface area contributed by atoms with Gasteiger partial charge in [-0.2, -0.15) is 5.10 Å². The average molecular weight is 424 g/mol. The molecule has 0 radical (unpaired) electrons. The Morgan fingerprint density at radius 2 is 1.89 bits per heavy atom. The van der Waals surface area contributed by atoms with Crippen molar-refractivity contribution in [2.24, 2.45) is 5.10 Å². The van der Waals surface area contributed by atoms with E-state index in [2.05, 4.69) is 32.3 Å². The lowest BCUT2D eigenvalue weighted by Gasteiger charge is -2.22. The molecule has 0 fully saturated rings. The van der Waals surface area contributed by atoms with Crippen molar-refractivity contribution >= 4 is 41.1 Å². The second-order valence-electron chi connectivity index (χ2n) is 6.41. The van der Waals surface area contributed by atoms with E-state index in [0.717, 1.165) is 54.9 Å². The number of nitrogens with zero attached hydrogens (tertiary/aromatic N) is 3. The fraction of sp³-hybridized carbons (Fsp3) is 0.450. The Kier molecular flexibility index (Phi) is 9.31.